The van der Waals surface area contributed by atoms with Gasteiger partial charge in [0.1, 0.15) is 11.5 Å². The average Bonchev–Trinajstić information content (AvgIpc) is 3.07. The number of hydrogen-bond acceptors (Lipinski definition) is 3. The van der Waals surface area contributed by atoms with Crippen molar-refractivity contribution in [3.8, 4) is 11.5 Å². The molecule has 2 unspecified atom stereocenters. The average molecular weight is 259 g/mol. The molecule has 0 spiro atoms. The highest BCUT2D eigenvalue weighted by molar-refractivity contribution is 5.56. The normalized spacial score (nSPS) is 23.1. The fourth-order valence-corrected chi connectivity index (χ4v) is 2.87. The number of hydrogen-bond donors (Lipinski definition) is 2. The summed E-state index contributed by atoms with van der Waals surface area (Å²) in [6, 6.07) is 4.62. The van der Waals surface area contributed by atoms with Crippen LogP contribution in [0.15, 0.2) is 22.7 Å². The summed E-state index contributed by atoms with van der Waals surface area (Å²) in [5.41, 5.74) is 2.17. The summed E-state index contributed by atoms with van der Waals surface area (Å²) in [5, 5.41) is 10.8. The highest BCUT2D eigenvalue weighted by Crippen LogP contribution is 2.26. The van der Waals surface area contributed by atoms with E-state index in [1.54, 1.807) is 0 Å². The molecule has 1 saturated carbocycles. The Labute approximate surface area is 113 Å². The van der Waals surface area contributed by atoms with E-state index in [0.29, 0.717) is 6.04 Å². The highest BCUT2D eigenvalue weighted by Gasteiger charge is 2.21. The van der Waals surface area contributed by atoms with Gasteiger partial charge in [0, 0.05) is 18.2 Å². The molecule has 0 amide bonds. The van der Waals surface area contributed by atoms with Crippen LogP contribution in [-0.4, -0.2) is 16.2 Å². The number of rotatable bonds is 4. The topological polar surface area (TPSA) is 53.9 Å². The van der Waals surface area contributed by atoms with Gasteiger partial charge in [-0.1, -0.05) is 6.92 Å². The minimum Gasteiger partial charge on any atom is -0.460 e. The van der Waals surface area contributed by atoms with Crippen LogP contribution in [0.1, 0.15) is 37.5 Å². The van der Waals surface area contributed by atoms with Crippen LogP contribution in [0.5, 0.6) is 0 Å². The van der Waals surface area contributed by atoms with E-state index in [1.165, 1.54) is 24.8 Å². The van der Waals surface area contributed by atoms with Crippen LogP contribution in [0.4, 0.5) is 0 Å². The predicted octanol–water partition coefficient (Wildman–Crippen LogP) is 3.26. The molecule has 2 aromatic rings. The molecule has 3 rings (SSSR count). The Kier molecular flexibility index (Phi) is 3.42. The molecule has 102 valence electrons. The summed E-state index contributed by atoms with van der Waals surface area (Å²) < 4.78 is 5.66. The van der Waals surface area contributed by atoms with Crippen molar-refractivity contribution in [1.82, 2.24) is 15.5 Å². The maximum Gasteiger partial charge on any atom is 0.152 e. The Hall–Kier alpha value is -1.55. The first-order chi connectivity index (χ1) is 9.22. The van der Waals surface area contributed by atoms with Crippen molar-refractivity contribution in [3.63, 3.8) is 0 Å². The van der Waals surface area contributed by atoms with Gasteiger partial charge in [0.05, 0.1) is 6.20 Å². The van der Waals surface area contributed by atoms with Crippen molar-refractivity contribution in [2.24, 2.45) is 5.92 Å². The number of aryl methyl sites for hydroxylation is 1. The Bertz CT molecular complexity index is 543. The van der Waals surface area contributed by atoms with Gasteiger partial charge in [0.25, 0.3) is 0 Å². The van der Waals surface area contributed by atoms with Crippen LogP contribution < -0.4 is 5.32 Å². The van der Waals surface area contributed by atoms with Gasteiger partial charge >= 0.3 is 0 Å². The summed E-state index contributed by atoms with van der Waals surface area (Å²) >= 11 is 0. The van der Waals surface area contributed by atoms with Gasteiger partial charge < -0.3 is 9.73 Å². The van der Waals surface area contributed by atoms with Crippen LogP contribution in [0.3, 0.4) is 0 Å². The van der Waals surface area contributed by atoms with Gasteiger partial charge in [-0.2, -0.15) is 5.10 Å². The molecule has 2 heterocycles. The molecular weight excluding hydrogens is 238 g/mol. The van der Waals surface area contributed by atoms with Crippen LogP contribution in [0.25, 0.3) is 11.5 Å². The molecule has 0 saturated heterocycles. The van der Waals surface area contributed by atoms with Crippen LogP contribution in [-0.2, 0) is 6.54 Å². The number of nitrogens with one attached hydrogen (secondary N) is 2. The minimum absolute atomic E-state index is 0.649. The quantitative estimate of drug-likeness (QED) is 0.886. The maximum absolute atomic E-state index is 5.66. The Morgan fingerprint density at radius 3 is 3.00 bits per heavy atom. The molecule has 4 nitrogen and oxygen atoms in total. The van der Waals surface area contributed by atoms with Gasteiger partial charge in [-0.25, -0.2) is 0 Å². The van der Waals surface area contributed by atoms with Gasteiger partial charge in [-0.15, -0.1) is 0 Å². The first-order valence-corrected chi connectivity index (χ1v) is 7.05. The molecule has 0 radical (unpaired) electrons. The monoisotopic (exact) mass is 259 g/mol. The summed E-state index contributed by atoms with van der Waals surface area (Å²) in [6.45, 7) is 5.14. The van der Waals surface area contributed by atoms with E-state index in [1.807, 2.05) is 25.3 Å². The van der Waals surface area contributed by atoms with Gasteiger partial charge in [0.2, 0.25) is 0 Å². The fraction of sp³-hybridized carbons (Fsp3) is 0.533. The lowest BCUT2D eigenvalue weighted by Gasteiger charge is -2.11. The van der Waals surface area contributed by atoms with Crippen molar-refractivity contribution in [2.45, 2.75) is 45.7 Å². The molecule has 1 aliphatic rings. The molecule has 4 heteroatoms. The third-order valence-electron chi connectivity index (χ3n) is 3.98. The zero-order chi connectivity index (χ0) is 13.2. The summed E-state index contributed by atoms with van der Waals surface area (Å²) in [6.07, 6.45) is 5.80. The van der Waals surface area contributed by atoms with E-state index < -0.39 is 0 Å². The third-order valence-corrected chi connectivity index (χ3v) is 3.98. The van der Waals surface area contributed by atoms with E-state index in [2.05, 4.69) is 22.4 Å². The Morgan fingerprint density at radius 2 is 2.32 bits per heavy atom. The second-order valence-electron chi connectivity index (χ2n) is 5.68. The molecule has 0 aromatic carbocycles. The van der Waals surface area contributed by atoms with E-state index in [0.717, 1.165) is 29.7 Å². The smallest absolute Gasteiger partial charge is 0.152 e. The summed E-state index contributed by atoms with van der Waals surface area (Å²) in [5.74, 6) is 2.65. The number of aromatic nitrogens is 2. The zero-order valence-corrected chi connectivity index (χ0v) is 11.6. The van der Waals surface area contributed by atoms with Gasteiger partial charge in [-0.05, 0) is 44.2 Å². The highest BCUT2D eigenvalue weighted by atomic mass is 16.3. The number of furan rings is 1. The first-order valence-electron chi connectivity index (χ1n) is 7.05. The molecule has 2 aromatic heterocycles. The molecule has 19 heavy (non-hydrogen) atoms. The molecule has 1 fully saturated rings. The third kappa shape index (κ3) is 2.73. The number of H-pyrrole nitrogens is 1. The first kappa shape index (κ1) is 12.5. The summed E-state index contributed by atoms with van der Waals surface area (Å²) in [4.78, 5) is 0. The standard InChI is InChI=1S/C15H21N3O/c1-10-3-5-13(7-10)16-8-12-9-17-18-15(12)14-6-4-11(2)19-14/h4,6,9-10,13,16H,3,5,7-8H2,1-2H3,(H,17,18). The maximum atomic E-state index is 5.66. The molecule has 1 aliphatic carbocycles. The molecule has 2 atom stereocenters. The van der Waals surface area contributed by atoms with Crippen molar-refractivity contribution >= 4 is 0 Å². The number of nitrogens with zero attached hydrogens (tertiary/aromatic N) is 1. The SMILES string of the molecule is Cc1ccc(-c2[nH]ncc2CNC2CCC(C)C2)o1. The number of aromatic amines is 1. The Morgan fingerprint density at radius 1 is 1.42 bits per heavy atom. The second-order valence-corrected chi connectivity index (χ2v) is 5.68. The summed E-state index contributed by atoms with van der Waals surface area (Å²) in [7, 11) is 0. The lowest BCUT2D eigenvalue weighted by molar-refractivity contribution is 0.501. The minimum atomic E-state index is 0.649. The molecular formula is C15H21N3O. The van der Waals surface area contributed by atoms with Crippen molar-refractivity contribution < 1.29 is 4.42 Å². The molecule has 2 N–H and O–H groups in total. The van der Waals surface area contributed by atoms with Crippen molar-refractivity contribution in [1.29, 1.82) is 0 Å². The van der Waals surface area contributed by atoms with E-state index in [9.17, 15) is 0 Å². The van der Waals surface area contributed by atoms with E-state index >= 15 is 0 Å². The molecule has 0 bridgehead atoms. The van der Waals surface area contributed by atoms with Crippen LogP contribution in [0, 0.1) is 12.8 Å². The van der Waals surface area contributed by atoms with Crippen LogP contribution >= 0.6 is 0 Å². The largest absolute Gasteiger partial charge is 0.460 e. The zero-order valence-electron chi connectivity index (χ0n) is 11.6. The van der Waals surface area contributed by atoms with Crippen molar-refractivity contribution in [3.05, 3.63) is 29.7 Å². The van der Waals surface area contributed by atoms with Crippen LogP contribution in [0.2, 0.25) is 0 Å². The van der Waals surface area contributed by atoms with E-state index in [4.69, 9.17) is 4.42 Å². The predicted molar refractivity (Wildman–Crippen MR) is 74.7 cm³/mol. The van der Waals surface area contributed by atoms with Gasteiger partial charge in [0.15, 0.2) is 5.76 Å². The molecule has 0 aliphatic heterocycles. The Balaban J connectivity index is 1.67. The lowest BCUT2D eigenvalue weighted by Crippen LogP contribution is -2.25. The van der Waals surface area contributed by atoms with Gasteiger partial charge in [-0.3, -0.25) is 5.10 Å². The van der Waals surface area contributed by atoms with Crippen molar-refractivity contribution in [2.75, 3.05) is 0 Å². The second kappa shape index (κ2) is 5.21. The van der Waals surface area contributed by atoms with E-state index in [-0.39, 0.29) is 0 Å². The lowest BCUT2D eigenvalue weighted by atomic mass is 10.1. The fourth-order valence-electron chi connectivity index (χ4n) is 2.87.